The number of hydrogen-bond acceptors (Lipinski definition) is 6. The van der Waals surface area contributed by atoms with Gasteiger partial charge in [-0.3, -0.25) is 14.7 Å². The third kappa shape index (κ3) is 2.00. The fourth-order valence-electron chi connectivity index (χ4n) is 1.82. The van der Waals surface area contributed by atoms with Crippen molar-refractivity contribution >= 4 is 32.3 Å². The minimum atomic E-state index is -4.76. The molecule has 0 aliphatic rings. The van der Waals surface area contributed by atoms with Crippen LogP contribution in [-0.2, 0) is 10.1 Å². The van der Waals surface area contributed by atoms with E-state index in [2.05, 4.69) is 4.98 Å². The maximum absolute atomic E-state index is 11.9. The molecule has 0 aliphatic carbocycles. The lowest BCUT2D eigenvalue weighted by atomic mass is 10.1. The Morgan fingerprint density at radius 2 is 2.00 bits per heavy atom. The molecule has 10 heteroatoms. The molecule has 102 valence electrons. The van der Waals surface area contributed by atoms with Gasteiger partial charge in [0.25, 0.3) is 15.8 Å². The molecular weight excluding hydrogens is 290 g/mol. The molecule has 0 amide bonds. The minimum Gasteiger partial charge on any atom is -0.867 e. The Labute approximate surface area is 111 Å². The van der Waals surface area contributed by atoms with Crippen LogP contribution in [-0.4, -0.2) is 17.9 Å². The smallest absolute Gasteiger partial charge is 0.384 e. The molecule has 0 aromatic heterocycles. The molecule has 0 spiro atoms. The molecule has 2 aromatic rings. The first kappa shape index (κ1) is 13.7. The minimum absolute atomic E-state index is 0.345. The number of nitro groups is 1. The maximum Gasteiger partial charge on any atom is 0.384 e. The topological polar surface area (TPSA) is 149 Å². The third-order valence-corrected chi connectivity index (χ3v) is 3.51. The molecule has 1 N–H and O–H groups in total. The van der Waals surface area contributed by atoms with Crippen molar-refractivity contribution in [2.24, 2.45) is 0 Å². The van der Waals surface area contributed by atoms with Gasteiger partial charge >= 0.3 is 5.69 Å². The quantitative estimate of drug-likeness (QED) is 0.382. The van der Waals surface area contributed by atoms with Crippen LogP contribution in [0.2, 0.25) is 0 Å². The van der Waals surface area contributed by atoms with Crippen LogP contribution in [0, 0.1) is 15.5 Å². The highest BCUT2D eigenvalue weighted by Crippen LogP contribution is 2.41. The van der Waals surface area contributed by atoms with Crippen LogP contribution in [0.25, 0.3) is 15.7 Å². The van der Waals surface area contributed by atoms with Crippen molar-refractivity contribution in [2.45, 2.75) is 4.90 Å². The zero-order valence-corrected chi connectivity index (χ0v) is 10.4. The first-order valence-corrected chi connectivity index (χ1v) is 6.45. The van der Waals surface area contributed by atoms with Crippen LogP contribution in [0.1, 0.15) is 0 Å². The van der Waals surface area contributed by atoms with Gasteiger partial charge in [-0.15, -0.1) is 0 Å². The largest absolute Gasteiger partial charge is 0.867 e. The van der Waals surface area contributed by atoms with Crippen LogP contribution >= 0.6 is 0 Å². The van der Waals surface area contributed by atoms with E-state index in [0.717, 1.165) is 18.2 Å². The van der Waals surface area contributed by atoms with Crippen molar-refractivity contribution in [2.75, 3.05) is 0 Å². The zero-order chi connectivity index (χ0) is 15.1. The highest BCUT2D eigenvalue weighted by atomic mass is 32.2. The van der Waals surface area contributed by atoms with Gasteiger partial charge in [0.1, 0.15) is 11.0 Å². The van der Waals surface area contributed by atoms with E-state index in [4.69, 9.17) is 9.95 Å². The highest BCUT2D eigenvalue weighted by molar-refractivity contribution is 7.86. The molecular formula is C10H5N3O6S. The summed E-state index contributed by atoms with van der Waals surface area (Å²) in [7, 11) is -4.76. The summed E-state index contributed by atoms with van der Waals surface area (Å²) >= 11 is 0. The van der Waals surface area contributed by atoms with Crippen LogP contribution in [0.4, 0.5) is 11.4 Å². The second-order valence-corrected chi connectivity index (χ2v) is 5.14. The second kappa shape index (κ2) is 4.41. The summed E-state index contributed by atoms with van der Waals surface area (Å²) in [5.41, 5.74) is -1.36. The number of nitro benzene ring substituents is 1. The second-order valence-electron chi connectivity index (χ2n) is 3.75. The monoisotopic (exact) mass is 295 g/mol. The van der Waals surface area contributed by atoms with Gasteiger partial charge in [-0.1, -0.05) is 12.1 Å². The number of diazo groups is 1. The molecule has 2 rings (SSSR count). The summed E-state index contributed by atoms with van der Waals surface area (Å²) in [5, 5.41) is 30.6. The molecule has 0 aliphatic heterocycles. The average molecular weight is 295 g/mol. The van der Waals surface area contributed by atoms with Crippen LogP contribution in [0.15, 0.2) is 29.2 Å². The Hall–Kier alpha value is -2.77. The number of benzene rings is 2. The van der Waals surface area contributed by atoms with Crippen LogP contribution < -0.4 is 5.11 Å². The molecule has 0 atom stereocenters. The highest BCUT2D eigenvalue weighted by Gasteiger charge is 2.27. The Balaban J connectivity index is 3.14. The molecule has 0 saturated heterocycles. The number of fused-ring (bicyclic) bond motifs is 1. The van der Waals surface area contributed by atoms with E-state index in [0.29, 0.717) is 6.07 Å². The summed E-state index contributed by atoms with van der Waals surface area (Å²) < 4.78 is 31.6. The van der Waals surface area contributed by atoms with Gasteiger partial charge in [0.15, 0.2) is 4.98 Å². The van der Waals surface area contributed by atoms with Crippen LogP contribution in [0.5, 0.6) is 5.75 Å². The molecule has 0 heterocycles. The summed E-state index contributed by atoms with van der Waals surface area (Å²) in [4.78, 5) is 11.9. The maximum atomic E-state index is 11.9. The molecule has 20 heavy (non-hydrogen) atoms. The Kier molecular flexibility index (Phi) is 3.01. The van der Waals surface area contributed by atoms with Crippen molar-refractivity contribution in [3.05, 3.63) is 39.4 Å². The van der Waals surface area contributed by atoms with Crippen LogP contribution in [0.3, 0.4) is 0 Å². The van der Waals surface area contributed by atoms with Crippen molar-refractivity contribution in [1.82, 2.24) is 0 Å². The molecule has 9 nitrogen and oxygen atoms in total. The molecule has 0 fully saturated rings. The fraction of sp³-hybridized carbons (Fsp3) is 0. The summed E-state index contributed by atoms with van der Waals surface area (Å²) in [6, 6.07) is 3.84. The Bertz CT molecular complexity index is 884. The molecule has 0 unspecified atom stereocenters. The predicted octanol–water partition coefficient (Wildman–Crippen LogP) is 1.55. The molecule has 0 saturated carbocycles. The van der Waals surface area contributed by atoms with Gasteiger partial charge in [0.2, 0.25) is 5.39 Å². The predicted molar refractivity (Wildman–Crippen MR) is 64.6 cm³/mol. The summed E-state index contributed by atoms with van der Waals surface area (Å²) in [6.45, 7) is 0. The molecule has 0 radical (unpaired) electrons. The summed E-state index contributed by atoms with van der Waals surface area (Å²) in [5.74, 6) is -0.890. The number of non-ortho nitro benzene ring substituents is 1. The van der Waals surface area contributed by atoms with E-state index in [1.54, 1.807) is 0 Å². The SMILES string of the molecule is N#[N+]c1cc([N+](=O)[O-])c2c(S(=O)(=O)O)cccc2c1[O-]. The van der Waals surface area contributed by atoms with E-state index < -0.39 is 42.4 Å². The molecule has 2 aromatic carbocycles. The van der Waals surface area contributed by atoms with Gasteiger partial charge in [-0.25, -0.2) is 0 Å². The van der Waals surface area contributed by atoms with Crippen molar-refractivity contribution < 1.29 is 23.0 Å². The first-order valence-electron chi connectivity index (χ1n) is 5.01. The fourth-order valence-corrected chi connectivity index (χ4v) is 2.55. The van der Waals surface area contributed by atoms with Gasteiger partial charge in [0, 0.05) is 0 Å². The number of hydrogen-bond donors (Lipinski definition) is 1. The third-order valence-electron chi connectivity index (χ3n) is 2.62. The Morgan fingerprint density at radius 3 is 2.50 bits per heavy atom. The lowest BCUT2D eigenvalue weighted by molar-refractivity contribution is -0.383. The van der Waals surface area contributed by atoms with E-state index in [1.165, 1.54) is 0 Å². The summed E-state index contributed by atoms with van der Waals surface area (Å²) in [6.07, 6.45) is 0. The Morgan fingerprint density at radius 1 is 1.35 bits per heavy atom. The normalized spacial score (nSPS) is 11.2. The van der Waals surface area contributed by atoms with E-state index in [1.807, 2.05) is 0 Å². The molecule has 0 bridgehead atoms. The van der Waals surface area contributed by atoms with E-state index in [-0.39, 0.29) is 5.39 Å². The zero-order valence-electron chi connectivity index (χ0n) is 9.55. The van der Waals surface area contributed by atoms with Crippen molar-refractivity contribution in [3.8, 4) is 5.75 Å². The number of rotatable bonds is 2. The lowest BCUT2D eigenvalue weighted by Gasteiger charge is -2.10. The number of nitrogens with zero attached hydrogens (tertiary/aromatic N) is 3. The average Bonchev–Trinajstić information content (AvgIpc) is 2.37. The van der Waals surface area contributed by atoms with E-state index >= 15 is 0 Å². The first-order chi connectivity index (χ1) is 9.27. The van der Waals surface area contributed by atoms with Gasteiger partial charge in [-0.05, 0) is 17.2 Å². The van der Waals surface area contributed by atoms with Gasteiger partial charge < -0.3 is 5.11 Å². The standard InChI is InChI=1S/C10H5N3O6S/c11-12-6-4-7(13(15)16)9-5(10(6)14)2-1-3-8(9)20(17,18)19/h1-4H,(H-,14,17,18,19). The lowest BCUT2D eigenvalue weighted by Crippen LogP contribution is -2.03. The van der Waals surface area contributed by atoms with E-state index in [9.17, 15) is 23.6 Å². The van der Waals surface area contributed by atoms with Crippen molar-refractivity contribution in [3.63, 3.8) is 0 Å². The van der Waals surface area contributed by atoms with Gasteiger partial charge in [0.05, 0.1) is 10.3 Å². The van der Waals surface area contributed by atoms with Crippen molar-refractivity contribution in [1.29, 1.82) is 5.39 Å². The van der Waals surface area contributed by atoms with Gasteiger partial charge in [-0.2, -0.15) is 8.42 Å².